The van der Waals surface area contributed by atoms with E-state index in [1.54, 1.807) is 0 Å². The number of carbonyl (C=O) groups is 1. The molecule has 0 atom stereocenters. The van der Waals surface area contributed by atoms with Crippen molar-refractivity contribution >= 4 is 57.7 Å². The molecule has 1 aromatic heterocycles. The van der Waals surface area contributed by atoms with Gasteiger partial charge in [-0.15, -0.1) is 11.8 Å². The number of carbonyl (C=O) groups excluding carboxylic acids is 1. The van der Waals surface area contributed by atoms with E-state index in [1.165, 1.54) is 11.8 Å². The van der Waals surface area contributed by atoms with Crippen molar-refractivity contribution in [1.82, 2.24) is 8.75 Å². The quantitative estimate of drug-likeness (QED) is 0.707. The summed E-state index contributed by atoms with van der Waals surface area (Å²) in [7, 11) is 0. The van der Waals surface area contributed by atoms with Crippen molar-refractivity contribution in [3.8, 4) is 11.5 Å². The fourth-order valence-electron chi connectivity index (χ4n) is 2.46. The number of amides is 1. The van der Waals surface area contributed by atoms with Gasteiger partial charge >= 0.3 is 0 Å². The molecule has 6 nitrogen and oxygen atoms in total. The van der Waals surface area contributed by atoms with Crippen LogP contribution in [0.15, 0.2) is 30.3 Å². The van der Waals surface area contributed by atoms with E-state index in [2.05, 4.69) is 14.1 Å². The number of hydrogen-bond donors (Lipinski definition) is 1. The highest BCUT2D eigenvalue weighted by Crippen LogP contribution is 2.40. The van der Waals surface area contributed by atoms with Crippen molar-refractivity contribution in [2.24, 2.45) is 0 Å². The third-order valence-electron chi connectivity index (χ3n) is 3.55. The summed E-state index contributed by atoms with van der Waals surface area (Å²) in [6.45, 7) is 0.186. The normalized spacial score (nSPS) is 12.5. The Morgan fingerprint density at radius 2 is 2.24 bits per heavy atom. The third kappa shape index (κ3) is 3.51. The van der Waals surface area contributed by atoms with E-state index in [1.807, 2.05) is 30.3 Å². The maximum Gasteiger partial charge on any atom is 0.234 e. The summed E-state index contributed by atoms with van der Waals surface area (Å²) in [6, 6.07) is 9.26. The van der Waals surface area contributed by atoms with Gasteiger partial charge < -0.3 is 14.8 Å². The molecule has 1 aliphatic rings. The smallest absolute Gasteiger partial charge is 0.234 e. The molecule has 4 rings (SSSR count). The van der Waals surface area contributed by atoms with Crippen LogP contribution in [-0.4, -0.2) is 27.2 Å². The summed E-state index contributed by atoms with van der Waals surface area (Å²) in [5.41, 5.74) is 3.17. The molecule has 0 unspecified atom stereocenters. The number of fused-ring (bicyclic) bond motifs is 2. The molecule has 9 heteroatoms. The van der Waals surface area contributed by atoms with E-state index < -0.39 is 0 Å². The Bertz CT molecular complexity index is 948. The molecule has 25 heavy (non-hydrogen) atoms. The largest absolute Gasteiger partial charge is 0.454 e. The molecule has 1 aliphatic heterocycles. The second-order valence-corrected chi connectivity index (χ2v) is 7.21. The molecule has 0 saturated carbocycles. The number of nitrogens with one attached hydrogen (secondary N) is 1. The third-order valence-corrected chi connectivity index (χ3v) is 5.38. The van der Waals surface area contributed by atoms with Crippen LogP contribution < -0.4 is 14.8 Å². The average molecular weight is 394 g/mol. The number of anilines is 1. The Morgan fingerprint density at radius 3 is 3.16 bits per heavy atom. The summed E-state index contributed by atoms with van der Waals surface area (Å²) in [5, 5.41) is 3.41. The van der Waals surface area contributed by atoms with E-state index in [0.717, 1.165) is 22.8 Å². The van der Waals surface area contributed by atoms with E-state index in [0.29, 0.717) is 39.2 Å². The molecule has 0 aliphatic carbocycles. The number of benzene rings is 2. The van der Waals surface area contributed by atoms with Crippen molar-refractivity contribution in [2.75, 3.05) is 17.9 Å². The predicted octanol–water partition coefficient (Wildman–Crippen LogP) is 3.95. The lowest BCUT2D eigenvalue weighted by Crippen LogP contribution is -2.14. The highest BCUT2D eigenvalue weighted by atomic mass is 35.5. The number of halogens is 1. The van der Waals surface area contributed by atoms with Crippen LogP contribution in [-0.2, 0) is 10.5 Å². The van der Waals surface area contributed by atoms with Crippen molar-refractivity contribution in [2.45, 2.75) is 5.75 Å². The number of ether oxygens (including phenoxy) is 2. The molecule has 0 spiro atoms. The maximum atomic E-state index is 12.2. The Kier molecular flexibility index (Phi) is 4.65. The highest BCUT2D eigenvalue weighted by Gasteiger charge is 2.18. The van der Waals surface area contributed by atoms with Crippen LogP contribution >= 0.6 is 35.1 Å². The van der Waals surface area contributed by atoms with E-state index >= 15 is 0 Å². The van der Waals surface area contributed by atoms with Crippen molar-refractivity contribution in [3.05, 3.63) is 40.9 Å². The first-order valence-electron chi connectivity index (χ1n) is 7.37. The van der Waals surface area contributed by atoms with Crippen molar-refractivity contribution in [1.29, 1.82) is 0 Å². The van der Waals surface area contributed by atoms with Crippen molar-refractivity contribution in [3.63, 3.8) is 0 Å². The first-order valence-corrected chi connectivity index (χ1v) is 9.64. The second-order valence-electron chi connectivity index (χ2n) is 5.29. The van der Waals surface area contributed by atoms with Gasteiger partial charge in [-0.1, -0.05) is 17.7 Å². The monoisotopic (exact) mass is 393 g/mol. The molecule has 0 radical (unpaired) electrons. The summed E-state index contributed by atoms with van der Waals surface area (Å²) in [5.74, 6) is 2.11. The van der Waals surface area contributed by atoms with Gasteiger partial charge in [0.25, 0.3) is 0 Å². The standard InChI is InChI=1S/C16H12ClN3O3S2/c17-10-4-9(5-13-16(10)23-8-22-13)6-24-7-14(21)18-11-2-1-3-12-15(11)20-25-19-12/h1-5H,6-8H2,(H,18,21). The molecule has 2 aromatic carbocycles. The van der Waals surface area contributed by atoms with Gasteiger partial charge in [0.1, 0.15) is 11.0 Å². The molecule has 0 fully saturated rings. The molecule has 1 amide bonds. The van der Waals surface area contributed by atoms with Crippen LogP contribution in [0.3, 0.4) is 0 Å². The zero-order chi connectivity index (χ0) is 17.2. The van der Waals surface area contributed by atoms with Crippen LogP contribution in [0.5, 0.6) is 11.5 Å². The van der Waals surface area contributed by atoms with Gasteiger partial charge in [-0.05, 0) is 29.8 Å². The van der Waals surface area contributed by atoms with Gasteiger partial charge in [-0.25, -0.2) is 0 Å². The lowest BCUT2D eigenvalue weighted by molar-refractivity contribution is -0.113. The minimum absolute atomic E-state index is 0.0858. The van der Waals surface area contributed by atoms with E-state index in [4.69, 9.17) is 21.1 Å². The first-order chi connectivity index (χ1) is 12.2. The molecule has 128 valence electrons. The predicted molar refractivity (Wildman–Crippen MR) is 99.8 cm³/mol. The molecule has 0 bridgehead atoms. The van der Waals surface area contributed by atoms with Crippen LogP contribution in [0.25, 0.3) is 11.0 Å². The summed E-state index contributed by atoms with van der Waals surface area (Å²) in [6.07, 6.45) is 0. The molecule has 0 saturated heterocycles. The number of hydrogen-bond acceptors (Lipinski definition) is 7. The SMILES string of the molecule is O=C(CSCc1cc(Cl)c2c(c1)OCO2)Nc1cccc2nsnc12. The summed E-state index contributed by atoms with van der Waals surface area (Å²) < 4.78 is 19.0. The molecule has 1 N–H and O–H groups in total. The van der Waals surface area contributed by atoms with Crippen LogP contribution in [0.1, 0.15) is 5.56 Å². The molecular weight excluding hydrogens is 382 g/mol. The topological polar surface area (TPSA) is 73.3 Å². The van der Waals surface area contributed by atoms with Gasteiger partial charge in [0.2, 0.25) is 12.7 Å². The van der Waals surface area contributed by atoms with Crippen LogP contribution in [0.2, 0.25) is 5.02 Å². The lowest BCUT2D eigenvalue weighted by atomic mass is 10.2. The van der Waals surface area contributed by atoms with Crippen LogP contribution in [0, 0.1) is 0 Å². The first kappa shape index (κ1) is 16.4. The fourth-order valence-corrected chi connectivity index (χ4v) is 4.06. The Morgan fingerprint density at radius 1 is 1.32 bits per heavy atom. The second kappa shape index (κ2) is 7.07. The average Bonchev–Trinajstić information content (AvgIpc) is 3.24. The van der Waals surface area contributed by atoms with Crippen molar-refractivity contribution < 1.29 is 14.3 Å². The zero-order valence-electron chi connectivity index (χ0n) is 12.8. The Hall–Kier alpha value is -2.03. The minimum Gasteiger partial charge on any atom is -0.454 e. The summed E-state index contributed by atoms with van der Waals surface area (Å²) in [4.78, 5) is 12.2. The van der Waals surface area contributed by atoms with Gasteiger partial charge in [0, 0.05) is 5.75 Å². The number of nitrogens with zero attached hydrogens (tertiary/aromatic N) is 2. The molecule has 3 aromatic rings. The summed E-state index contributed by atoms with van der Waals surface area (Å²) >= 11 is 8.79. The van der Waals surface area contributed by atoms with Gasteiger partial charge in [0.05, 0.1) is 28.2 Å². The van der Waals surface area contributed by atoms with Gasteiger partial charge in [-0.2, -0.15) is 8.75 Å². The maximum absolute atomic E-state index is 12.2. The Labute approximate surface area is 156 Å². The number of rotatable bonds is 5. The van der Waals surface area contributed by atoms with Crippen LogP contribution in [0.4, 0.5) is 5.69 Å². The van der Waals surface area contributed by atoms with Gasteiger partial charge in [0.15, 0.2) is 11.5 Å². The molecule has 2 heterocycles. The number of thioether (sulfide) groups is 1. The van der Waals surface area contributed by atoms with Gasteiger partial charge in [-0.3, -0.25) is 4.79 Å². The zero-order valence-corrected chi connectivity index (χ0v) is 15.2. The lowest BCUT2D eigenvalue weighted by Gasteiger charge is -2.07. The van der Waals surface area contributed by atoms with E-state index in [-0.39, 0.29) is 12.7 Å². The molecular formula is C16H12ClN3O3S2. The fraction of sp³-hybridized carbons (Fsp3) is 0.188. The van der Waals surface area contributed by atoms with E-state index in [9.17, 15) is 4.79 Å². The Balaban J connectivity index is 1.35. The highest BCUT2D eigenvalue weighted by molar-refractivity contribution is 7.99. The number of aromatic nitrogens is 2. The minimum atomic E-state index is -0.0858.